The smallest absolute Gasteiger partial charge is 0.0649 e. The topological polar surface area (TPSA) is 41.5 Å². The molecule has 2 N–H and O–H groups in total. The number of aliphatic hydroxyl groups is 1. The molecule has 2 aliphatic heterocycles. The van der Waals surface area contributed by atoms with Crippen LogP contribution in [-0.4, -0.2) is 36.5 Å². The van der Waals surface area contributed by atoms with Crippen molar-refractivity contribution in [3.05, 3.63) is 0 Å². The summed E-state index contributed by atoms with van der Waals surface area (Å²) in [5.41, 5.74) is 0.230. The van der Waals surface area contributed by atoms with Gasteiger partial charge in [0.05, 0.1) is 13.2 Å². The van der Waals surface area contributed by atoms with Gasteiger partial charge in [0.25, 0.3) is 0 Å². The van der Waals surface area contributed by atoms with E-state index in [9.17, 15) is 0 Å². The Bertz CT molecular complexity index is 143. The first kappa shape index (κ1) is 7.53. The number of hydrogen-bond acceptors (Lipinski definition) is 3. The predicted molar refractivity (Wildman–Crippen MR) is 41.4 cm³/mol. The molecule has 2 rings (SSSR count). The Balaban J connectivity index is 1.96. The van der Waals surface area contributed by atoms with Crippen LogP contribution in [0.3, 0.4) is 0 Å². The Labute approximate surface area is 66.7 Å². The van der Waals surface area contributed by atoms with Gasteiger partial charge in [-0.1, -0.05) is 0 Å². The highest BCUT2D eigenvalue weighted by Gasteiger charge is 2.40. The molecule has 0 amide bonds. The largest absolute Gasteiger partial charge is 0.395 e. The summed E-state index contributed by atoms with van der Waals surface area (Å²) in [6, 6.07) is 0.316. The Kier molecular flexibility index (Phi) is 1.87. The molecule has 0 aromatic rings. The third-order valence-corrected chi connectivity index (χ3v) is 2.81. The average molecular weight is 157 g/mol. The average Bonchev–Trinajstić information content (AvgIpc) is 2.62. The Hall–Kier alpha value is -0.120. The summed E-state index contributed by atoms with van der Waals surface area (Å²) in [6.45, 7) is 1.98. The minimum absolute atomic E-state index is 0.230. The minimum Gasteiger partial charge on any atom is -0.395 e. The van der Waals surface area contributed by atoms with Crippen LogP contribution < -0.4 is 5.32 Å². The Morgan fingerprint density at radius 1 is 1.55 bits per heavy atom. The van der Waals surface area contributed by atoms with E-state index >= 15 is 0 Å². The zero-order valence-electron chi connectivity index (χ0n) is 6.68. The number of aliphatic hydroxyl groups excluding tert-OH is 1. The molecule has 2 fully saturated rings. The van der Waals surface area contributed by atoms with Crippen LogP contribution in [0, 0.1) is 0 Å². The highest BCUT2D eigenvalue weighted by atomic mass is 16.5. The molecule has 3 heteroatoms. The second kappa shape index (κ2) is 2.73. The fourth-order valence-electron chi connectivity index (χ4n) is 2.08. The molecular weight excluding hydrogens is 142 g/mol. The van der Waals surface area contributed by atoms with E-state index in [-0.39, 0.29) is 12.1 Å². The number of nitrogens with one attached hydrogen (secondary N) is 1. The van der Waals surface area contributed by atoms with Crippen molar-refractivity contribution in [1.82, 2.24) is 5.32 Å². The quantitative estimate of drug-likeness (QED) is 0.558. The van der Waals surface area contributed by atoms with Gasteiger partial charge >= 0.3 is 0 Å². The standard InChI is InChI=1S/C8H15NO2/c10-5-7-1-2-8(9-7)3-4-11-6-8/h7,9-10H,1-6H2. The van der Waals surface area contributed by atoms with Crippen molar-refractivity contribution in [3.63, 3.8) is 0 Å². The van der Waals surface area contributed by atoms with E-state index < -0.39 is 0 Å². The molecule has 11 heavy (non-hydrogen) atoms. The first-order chi connectivity index (χ1) is 5.35. The first-order valence-corrected chi connectivity index (χ1v) is 4.31. The van der Waals surface area contributed by atoms with Crippen molar-refractivity contribution >= 4 is 0 Å². The molecule has 2 heterocycles. The highest BCUT2D eigenvalue weighted by Crippen LogP contribution is 2.30. The molecule has 2 unspecified atom stereocenters. The summed E-state index contributed by atoms with van der Waals surface area (Å²) in [6.07, 6.45) is 3.38. The van der Waals surface area contributed by atoms with E-state index in [1.165, 1.54) is 0 Å². The molecule has 0 radical (unpaired) electrons. The van der Waals surface area contributed by atoms with Gasteiger partial charge < -0.3 is 15.2 Å². The fraction of sp³-hybridized carbons (Fsp3) is 1.00. The third-order valence-electron chi connectivity index (χ3n) is 2.81. The van der Waals surface area contributed by atoms with Crippen molar-refractivity contribution in [3.8, 4) is 0 Å². The van der Waals surface area contributed by atoms with Gasteiger partial charge in [-0.3, -0.25) is 0 Å². The van der Waals surface area contributed by atoms with E-state index in [1.54, 1.807) is 0 Å². The summed E-state index contributed by atoms with van der Waals surface area (Å²) >= 11 is 0. The molecule has 0 aliphatic carbocycles. The van der Waals surface area contributed by atoms with Crippen LogP contribution in [0.5, 0.6) is 0 Å². The van der Waals surface area contributed by atoms with Crippen LogP contribution in [0.25, 0.3) is 0 Å². The van der Waals surface area contributed by atoms with E-state index in [0.29, 0.717) is 6.04 Å². The Morgan fingerprint density at radius 2 is 2.45 bits per heavy atom. The van der Waals surface area contributed by atoms with Crippen LogP contribution in [0.1, 0.15) is 19.3 Å². The number of hydrogen-bond donors (Lipinski definition) is 2. The molecule has 0 aromatic carbocycles. The molecule has 2 aliphatic rings. The van der Waals surface area contributed by atoms with Gasteiger partial charge in [-0.15, -0.1) is 0 Å². The highest BCUT2D eigenvalue weighted by molar-refractivity contribution is 4.99. The van der Waals surface area contributed by atoms with E-state index in [0.717, 1.165) is 32.5 Å². The maximum atomic E-state index is 8.91. The molecule has 0 aromatic heterocycles. The maximum absolute atomic E-state index is 8.91. The van der Waals surface area contributed by atoms with Gasteiger partial charge in [0.1, 0.15) is 0 Å². The molecule has 3 nitrogen and oxygen atoms in total. The summed E-state index contributed by atoms with van der Waals surface area (Å²) in [5, 5.41) is 12.3. The van der Waals surface area contributed by atoms with Crippen molar-refractivity contribution in [2.75, 3.05) is 19.8 Å². The summed E-state index contributed by atoms with van der Waals surface area (Å²) in [7, 11) is 0. The predicted octanol–water partition coefficient (Wildman–Crippen LogP) is -0.110. The maximum Gasteiger partial charge on any atom is 0.0649 e. The normalized spacial score (nSPS) is 43.9. The lowest BCUT2D eigenvalue weighted by Crippen LogP contribution is -2.44. The SMILES string of the molecule is OCC1CCC2(CCOC2)N1. The summed E-state index contributed by atoms with van der Waals surface area (Å²) < 4.78 is 5.33. The molecular formula is C8H15NO2. The molecule has 2 saturated heterocycles. The van der Waals surface area contributed by atoms with Crippen molar-refractivity contribution in [2.45, 2.75) is 30.8 Å². The summed E-state index contributed by atoms with van der Waals surface area (Å²) in [5.74, 6) is 0. The number of rotatable bonds is 1. The van der Waals surface area contributed by atoms with E-state index in [4.69, 9.17) is 9.84 Å². The first-order valence-electron chi connectivity index (χ1n) is 4.31. The monoisotopic (exact) mass is 157 g/mol. The van der Waals surface area contributed by atoms with Gasteiger partial charge in [-0.05, 0) is 19.3 Å². The Morgan fingerprint density at radius 3 is 3.00 bits per heavy atom. The zero-order chi connectivity index (χ0) is 7.73. The van der Waals surface area contributed by atoms with Crippen LogP contribution in [0.4, 0.5) is 0 Å². The van der Waals surface area contributed by atoms with Gasteiger partial charge in [0.2, 0.25) is 0 Å². The number of ether oxygens (including phenoxy) is 1. The second-order valence-corrected chi connectivity index (χ2v) is 3.65. The minimum atomic E-state index is 0.230. The van der Waals surface area contributed by atoms with Crippen molar-refractivity contribution in [1.29, 1.82) is 0 Å². The second-order valence-electron chi connectivity index (χ2n) is 3.65. The molecule has 64 valence electrons. The van der Waals surface area contributed by atoms with E-state index in [2.05, 4.69) is 5.32 Å². The zero-order valence-corrected chi connectivity index (χ0v) is 6.68. The van der Waals surface area contributed by atoms with Gasteiger partial charge in [-0.25, -0.2) is 0 Å². The van der Waals surface area contributed by atoms with Gasteiger partial charge in [-0.2, -0.15) is 0 Å². The van der Waals surface area contributed by atoms with Crippen LogP contribution in [0.2, 0.25) is 0 Å². The summed E-state index contributed by atoms with van der Waals surface area (Å²) in [4.78, 5) is 0. The molecule has 1 spiro atoms. The molecule has 2 atom stereocenters. The molecule has 0 saturated carbocycles. The fourth-order valence-corrected chi connectivity index (χ4v) is 2.08. The lowest BCUT2D eigenvalue weighted by atomic mass is 9.97. The molecule has 0 bridgehead atoms. The van der Waals surface area contributed by atoms with Crippen LogP contribution in [-0.2, 0) is 4.74 Å². The van der Waals surface area contributed by atoms with Crippen molar-refractivity contribution in [2.24, 2.45) is 0 Å². The van der Waals surface area contributed by atoms with E-state index in [1.807, 2.05) is 0 Å². The lowest BCUT2D eigenvalue weighted by Gasteiger charge is -2.22. The van der Waals surface area contributed by atoms with Gasteiger partial charge in [0, 0.05) is 18.2 Å². The van der Waals surface area contributed by atoms with Crippen molar-refractivity contribution < 1.29 is 9.84 Å². The van der Waals surface area contributed by atoms with Crippen LogP contribution in [0.15, 0.2) is 0 Å². The van der Waals surface area contributed by atoms with Gasteiger partial charge in [0.15, 0.2) is 0 Å². The van der Waals surface area contributed by atoms with Crippen LogP contribution >= 0.6 is 0 Å². The lowest BCUT2D eigenvalue weighted by molar-refractivity contribution is 0.167. The third kappa shape index (κ3) is 1.28.